The lowest BCUT2D eigenvalue weighted by Crippen LogP contribution is -2.15. The number of aryl methyl sites for hydroxylation is 1. The van der Waals surface area contributed by atoms with Crippen LogP contribution >= 0.6 is 15.9 Å². The van der Waals surface area contributed by atoms with Gasteiger partial charge in [0.1, 0.15) is 11.5 Å². The van der Waals surface area contributed by atoms with Crippen LogP contribution in [0.2, 0.25) is 0 Å². The summed E-state index contributed by atoms with van der Waals surface area (Å²) in [6.07, 6.45) is 2.64. The Bertz CT molecular complexity index is 608. The van der Waals surface area contributed by atoms with Crippen LogP contribution in [0.1, 0.15) is 24.0 Å². The Labute approximate surface area is 128 Å². The van der Waals surface area contributed by atoms with E-state index in [1.165, 1.54) is 24.0 Å². The maximum atomic E-state index is 5.92. The smallest absolute Gasteiger partial charge is 0.141 e. The average Bonchev–Trinajstić information content (AvgIpc) is 3.25. The van der Waals surface area contributed by atoms with Crippen molar-refractivity contribution in [1.82, 2.24) is 5.32 Å². The Hall–Kier alpha value is -1.32. The highest BCUT2D eigenvalue weighted by atomic mass is 79.9. The molecule has 1 aliphatic carbocycles. The number of hydrogen-bond donors (Lipinski definition) is 1. The Morgan fingerprint density at radius 2 is 2.00 bits per heavy atom. The highest BCUT2D eigenvalue weighted by Gasteiger charge is 2.20. The Morgan fingerprint density at radius 3 is 2.70 bits per heavy atom. The number of hydrogen-bond acceptors (Lipinski definition) is 2. The standard InChI is InChI=1S/C17H18BrNO/c1-12-10-15(20-17-5-3-2-4-16(17)18)9-6-13(12)11-19-14-7-8-14/h2-6,9-10,14,19H,7-8,11H2,1H3. The van der Waals surface area contributed by atoms with Gasteiger partial charge in [-0.2, -0.15) is 0 Å². The van der Waals surface area contributed by atoms with Crippen molar-refractivity contribution >= 4 is 15.9 Å². The highest BCUT2D eigenvalue weighted by Crippen LogP contribution is 2.30. The second kappa shape index (κ2) is 5.98. The lowest BCUT2D eigenvalue weighted by molar-refractivity contribution is 0.479. The number of halogens is 1. The van der Waals surface area contributed by atoms with Crippen LogP contribution in [0, 0.1) is 6.92 Å². The van der Waals surface area contributed by atoms with Crippen LogP contribution in [-0.4, -0.2) is 6.04 Å². The first kappa shape index (κ1) is 13.7. The predicted octanol–water partition coefficient (Wildman–Crippen LogP) is 4.80. The van der Waals surface area contributed by atoms with Crippen LogP contribution in [0.25, 0.3) is 0 Å². The second-order valence-corrected chi connectivity index (χ2v) is 6.13. The maximum absolute atomic E-state index is 5.92. The van der Waals surface area contributed by atoms with Gasteiger partial charge in [-0.15, -0.1) is 0 Å². The number of benzene rings is 2. The first-order valence-corrected chi connectivity index (χ1v) is 7.77. The fourth-order valence-corrected chi connectivity index (χ4v) is 2.49. The quantitative estimate of drug-likeness (QED) is 0.849. The summed E-state index contributed by atoms with van der Waals surface area (Å²) in [5.41, 5.74) is 2.61. The summed E-state index contributed by atoms with van der Waals surface area (Å²) in [5.74, 6) is 1.72. The van der Waals surface area contributed by atoms with Gasteiger partial charge in [0.15, 0.2) is 0 Å². The van der Waals surface area contributed by atoms with Gasteiger partial charge < -0.3 is 10.1 Å². The van der Waals surface area contributed by atoms with E-state index in [9.17, 15) is 0 Å². The van der Waals surface area contributed by atoms with Crippen molar-refractivity contribution in [2.24, 2.45) is 0 Å². The molecule has 20 heavy (non-hydrogen) atoms. The maximum Gasteiger partial charge on any atom is 0.141 e. The zero-order chi connectivity index (χ0) is 13.9. The molecule has 1 saturated carbocycles. The molecule has 0 aliphatic heterocycles. The van der Waals surface area contributed by atoms with Gasteiger partial charge in [-0.3, -0.25) is 0 Å². The monoisotopic (exact) mass is 331 g/mol. The zero-order valence-corrected chi connectivity index (χ0v) is 13.1. The molecule has 0 atom stereocenters. The molecule has 1 aliphatic rings. The first-order valence-electron chi connectivity index (χ1n) is 6.97. The fraction of sp³-hybridized carbons (Fsp3) is 0.294. The van der Waals surface area contributed by atoms with E-state index in [4.69, 9.17) is 4.74 Å². The SMILES string of the molecule is Cc1cc(Oc2ccccc2Br)ccc1CNC1CC1. The van der Waals surface area contributed by atoms with E-state index in [-0.39, 0.29) is 0 Å². The normalized spacial score (nSPS) is 14.3. The van der Waals surface area contributed by atoms with Crippen molar-refractivity contribution in [2.75, 3.05) is 0 Å². The molecule has 2 aromatic rings. The molecular formula is C17H18BrNO. The number of rotatable bonds is 5. The van der Waals surface area contributed by atoms with E-state index in [1.807, 2.05) is 30.3 Å². The summed E-state index contributed by atoms with van der Waals surface area (Å²) in [4.78, 5) is 0. The number of nitrogens with one attached hydrogen (secondary N) is 1. The third kappa shape index (κ3) is 3.41. The van der Waals surface area contributed by atoms with E-state index in [2.05, 4.69) is 40.3 Å². The van der Waals surface area contributed by atoms with Gasteiger partial charge in [0.2, 0.25) is 0 Å². The van der Waals surface area contributed by atoms with Gasteiger partial charge in [-0.05, 0) is 71.1 Å². The largest absolute Gasteiger partial charge is 0.456 e. The summed E-state index contributed by atoms with van der Waals surface area (Å²) >= 11 is 3.50. The third-order valence-corrected chi connectivity index (χ3v) is 4.19. The molecule has 0 radical (unpaired) electrons. The molecule has 1 N–H and O–H groups in total. The van der Waals surface area contributed by atoms with E-state index >= 15 is 0 Å². The van der Waals surface area contributed by atoms with Crippen molar-refractivity contribution < 1.29 is 4.74 Å². The average molecular weight is 332 g/mol. The second-order valence-electron chi connectivity index (χ2n) is 5.28. The number of ether oxygens (including phenoxy) is 1. The molecule has 1 fully saturated rings. The van der Waals surface area contributed by atoms with Crippen LogP contribution < -0.4 is 10.1 Å². The predicted molar refractivity (Wildman–Crippen MR) is 85.3 cm³/mol. The van der Waals surface area contributed by atoms with Crippen molar-refractivity contribution in [1.29, 1.82) is 0 Å². The molecule has 3 heteroatoms. The molecule has 0 saturated heterocycles. The van der Waals surface area contributed by atoms with Gasteiger partial charge in [0.05, 0.1) is 4.47 Å². The van der Waals surface area contributed by atoms with E-state index in [0.717, 1.165) is 28.6 Å². The minimum Gasteiger partial charge on any atom is -0.456 e. The Balaban J connectivity index is 1.71. The molecule has 0 heterocycles. The molecule has 0 aromatic heterocycles. The minimum absolute atomic E-state index is 0.741. The Kier molecular flexibility index (Phi) is 4.08. The van der Waals surface area contributed by atoms with E-state index in [0.29, 0.717) is 0 Å². The zero-order valence-electron chi connectivity index (χ0n) is 11.5. The fourth-order valence-electron chi connectivity index (χ4n) is 2.13. The Morgan fingerprint density at radius 1 is 1.20 bits per heavy atom. The van der Waals surface area contributed by atoms with Gasteiger partial charge in [-0.25, -0.2) is 0 Å². The molecule has 104 valence electrons. The summed E-state index contributed by atoms with van der Waals surface area (Å²) in [6, 6.07) is 14.9. The molecule has 2 aromatic carbocycles. The van der Waals surface area contributed by atoms with Crippen LogP contribution in [-0.2, 0) is 6.54 Å². The molecule has 0 spiro atoms. The molecule has 2 nitrogen and oxygen atoms in total. The summed E-state index contributed by atoms with van der Waals surface area (Å²) in [6.45, 7) is 3.09. The lowest BCUT2D eigenvalue weighted by Gasteiger charge is -2.11. The molecule has 0 unspecified atom stereocenters. The van der Waals surface area contributed by atoms with Crippen molar-refractivity contribution in [3.8, 4) is 11.5 Å². The van der Waals surface area contributed by atoms with Gasteiger partial charge in [0, 0.05) is 12.6 Å². The van der Waals surface area contributed by atoms with Crippen LogP contribution in [0.5, 0.6) is 11.5 Å². The number of para-hydroxylation sites is 1. The van der Waals surface area contributed by atoms with Gasteiger partial charge >= 0.3 is 0 Å². The van der Waals surface area contributed by atoms with Gasteiger partial charge in [0.25, 0.3) is 0 Å². The topological polar surface area (TPSA) is 21.3 Å². The summed E-state index contributed by atoms with van der Waals surface area (Å²) < 4.78 is 6.89. The van der Waals surface area contributed by atoms with Crippen LogP contribution in [0.3, 0.4) is 0 Å². The molecular weight excluding hydrogens is 314 g/mol. The third-order valence-electron chi connectivity index (χ3n) is 3.54. The van der Waals surface area contributed by atoms with Crippen molar-refractivity contribution in [3.05, 3.63) is 58.1 Å². The highest BCUT2D eigenvalue weighted by molar-refractivity contribution is 9.10. The van der Waals surface area contributed by atoms with Crippen LogP contribution in [0.4, 0.5) is 0 Å². The van der Waals surface area contributed by atoms with E-state index < -0.39 is 0 Å². The molecule has 0 amide bonds. The lowest BCUT2D eigenvalue weighted by atomic mass is 10.1. The van der Waals surface area contributed by atoms with Crippen molar-refractivity contribution in [2.45, 2.75) is 32.4 Å². The summed E-state index contributed by atoms with van der Waals surface area (Å²) in [7, 11) is 0. The molecule has 3 rings (SSSR count). The van der Waals surface area contributed by atoms with Crippen molar-refractivity contribution in [3.63, 3.8) is 0 Å². The molecule has 0 bridgehead atoms. The summed E-state index contributed by atoms with van der Waals surface area (Å²) in [5, 5.41) is 3.54. The first-order chi connectivity index (χ1) is 9.72. The van der Waals surface area contributed by atoms with Crippen LogP contribution in [0.15, 0.2) is 46.9 Å². The minimum atomic E-state index is 0.741. The van der Waals surface area contributed by atoms with E-state index in [1.54, 1.807) is 0 Å². The van der Waals surface area contributed by atoms with Gasteiger partial charge in [-0.1, -0.05) is 18.2 Å².